The van der Waals surface area contributed by atoms with Crippen molar-refractivity contribution in [2.45, 2.75) is 25.7 Å². The Hall–Kier alpha value is -1.90. The van der Waals surface area contributed by atoms with Gasteiger partial charge in [-0.05, 0) is 19.8 Å². The smallest absolute Gasteiger partial charge is 0.251 e. The fourth-order valence-electron chi connectivity index (χ4n) is 1.91. The minimum absolute atomic E-state index is 0.0579. The van der Waals surface area contributed by atoms with E-state index >= 15 is 0 Å². The van der Waals surface area contributed by atoms with Gasteiger partial charge in [0.2, 0.25) is 0 Å². The Kier molecular flexibility index (Phi) is 2.32. The molecule has 3 heteroatoms. The van der Waals surface area contributed by atoms with E-state index in [4.69, 9.17) is 0 Å². The van der Waals surface area contributed by atoms with E-state index in [2.05, 4.69) is 9.97 Å². The molecular weight excluding hydrogens is 212 g/mol. The third-order valence-corrected chi connectivity index (χ3v) is 3.08. The predicted molar refractivity (Wildman–Crippen MR) is 67.0 cm³/mol. The molecule has 17 heavy (non-hydrogen) atoms. The van der Waals surface area contributed by atoms with Gasteiger partial charge >= 0.3 is 0 Å². The summed E-state index contributed by atoms with van der Waals surface area (Å²) in [5, 5.41) is 0. The average molecular weight is 226 g/mol. The topological polar surface area (TPSA) is 45.8 Å². The van der Waals surface area contributed by atoms with Gasteiger partial charge in [0.25, 0.3) is 5.56 Å². The van der Waals surface area contributed by atoms with Gasteiger partial charge in [-0.2, -0.15) is 0 Å². The number of aromatic nitrogens is 2. The Labute approximate surface area is 99.5 Å². The van der Waals surface area contributed by atoms with Crippen molar-refractivity contribution in [3.8, 4) is 11.4 Å². The second-order valence-electron chi connectivity index (χ2n) is 4.66. The number of hydrogen-bond donors (Lipinski definition) is 1. The highest BCUT2D eigenvalue weighted by atomic mass is 16.1. The number of benzene rings is 1. The van der Waals surface area contributed by atoms with Crippen molar-refractivity contribution in [3.05, 3.63) is 51.9 Å². The second-order valence-corrected chi connectivity index (χ2v) is 4.66. The molecule has 86 valence electrons. The second kappa shape index (κ2) is 3.84. The zero-order valence-corrected chi connectivity index (χ0v) is 9.73. The molecule has 0 aliphatic heterocycles. The molecule has 0 spiro atoms. The Morgan fingerprint density at radius 2 is 1.94 bits per heavy atom. The molecule has 2 aromatic rings. The average Bonchev–Trinajstić information content (AvgIpc) is 3.13. The lowest BCUT2D eigenvalue weighted by Gasteiger charge is -2.03. The van der Waals surface area contributed by atoms with Crippen LogP contribution in [0.2, 0.25) is 0 Å². The molecule has 3 nitrogen and oxygen atoms in total. The summed E-state index contributed by atoms with van der Waals surface area (Å²) in [6.45, 7) is 2.04. The van der Waals surface area contributed by atoms with Crippen molar-refractivity contribution in [2.24, 2.45) is 0 Å². The highest BCUT2D eigenvalue weighted by Gasteiger charge is 2.25. The van der Waals surface area contributed by atoms with E-state index in [0.29, 0.717) is 11.7 Å². The summed E-state index contributed by atoms with van der Waals surface area (Å²) in [4.78, 5) is 18.9. The first-order valence-corrected chi connectivity index (χ1v) is 5.91. The summed E-state index contributed by atoms with van der Waals surface area (Å²) in [5.74, 6) is 1.18. The fraction of sp³-hybridized carbons (Fsp3) is 0.286. The maximum absolute atomic E-state index is 11.6. The van der Waals surface area contributed by atoms with Crippen LogP contribution in [0, 0.1) is 6.92 Å². The van der Waals surface area contributed by atoms with Crippen molar-refractivity contribution in [1.82, 2.24) is 9.97 Å². The summed E-state index contributed by atoms with van der Waals surface area (Å²) in [7, 11) is 0. The maximum atomic E-state index is 11.6. The van der Waals surface area contributed by atoms with Crippen LogP contribution in [0.15, 0.2) is 35.1 Å². The van der Waals surface area contributed by atoms with Crippen LogP contribution in [0.5, 0.6) is 0 Å². The molecule has 0 amide bonds. The van der Waals surface area contributed by atoms with Gasteiger partial charge in [0.15, 0.2) is 0 Å². The first kappa shape index (κ1) is 10.3. The number of nitrogens with zero attached hydrogens (tertiary/aromatic N) is 1. The fourth-order valence-corrected chi connectivity index (χ4v) is 1.91. The zero-order chi connectivity index (χ0) is 11.8. The molecule has 1 N–H and O–H groups in total. The van der Waals surface area contributed by atoms with E-state index in [9.17, 15) is 4.79 Å². The first-order chi connectivity index (χ1) is 8.22. The molecule has 1 aromatic carbocycles. The van der Waals surface area contributed by atoms with E-state index in [-0.39, 0.29) is 5.56 Å². The van der Waals surface area contributed by atoms with E-state index < -0.39 is 0 Å². The van der Waals surface area contributed by atoms with Gasteiger partial charge in [-0.3, -0.25) is 4.79 Å². The minimum Gasteiger partial charge on any atom is -0.307 e. The van der Waals surface area contributed by atoms with Crippen molar-refractivity contribution in [2.75, 3.05) is 0 Å². The van der Waals surface area contributed by atoms with Crippen molar-refractivity contribution in [3.63, 3.8) is 0 Å². The van der Waals surface area contributed by atoms with Crippen LogP contribution in [0.4, 0.5) is 0 Å². The molecule has 1 aliphatic rings. The Balaban J connectivity index is 2.07. The van der Waals surface area contributed by atoms with Gasteiger partial charge in [0, 0.05) is 17.5 Å². The van der Waals surface area contributed by atoms with Crippen LogP contribution >= 0.6 is 0 Å². The molecule has 0 bridgehead atoms. The number of nitrogens with one attached hydrogen (secondary N) is 1. The monoisotopic (exact) mass is 226 g/mol. The van der Waals surface area contributed by atoms with Crippen LogP contribution in [-0.4, -0.2) is 9.97 Å². The quantitative estimate of drug-likeness (QED) is 0.855. The summed E-state index contributed by atoms with van der Waals surface area (Å²) in [6, 6.07) is 9.65. The van der Waals surface area contributed by atoms with Gasteiger partial charge in [-0.1, -0.05) is 29.8 Å². The molecule has 0 unspecified atom stereocenters. The van der Waals surface area contributed by atoms with Crippen molar-refractivity contribution < 1.29 is 0 Å². The minimum atomic E-state index is -0.0579. The molecule has 0 radical (unpaired) electrons. The number of aryl methyl sites for hydroxylation is 1. The highest BCUT2D eigenvalue weighted by Crippen LogP contribution is 2.38. The number of H-pyrrole nitrogens is 1. The van der Waals surface area contributed by atoms with Crippen molar-refractivity contribution >= 4 is 0 Å². The lowest BCUT2D eigenvalue weighted by molar-refractivity contribution is 0.977. The normalized spacial score (nSPS) is 14.9. The van der Waals surface area contributed by atoms with E-state index in [1.54, 1.807) is 6.07 Å². The Morgan fingerprint density at radius 3 is 2.59 bits per heavy atom. The summed E-state index contributed by atoms with van der Waals surface area (Å²) >= 11 is 0. The van der Waals surface area contributed by atoms with Gasteiger partial charge in [0.05, 0.1) is 5.69 Å². The molecular formula is C14H14N2O. The molecule has 1 fully saturated rings. The van der Waals surface area contributed by atoms with Gasteiger partial charge < -0.3 is 4.98 Å². The molecule has 0 atom stereocenters. The number of rotatable bonds is 2. The lowest BCUT2D eigenvalue weighted by atomic mass is 10.1. The number of aromatic amines is 1. The standard InChI is InChI=1S/C14H14N2O/c1-9-2-4-11(5-3-9)14-15-12(10-6-7-10)8-13(17)16-14/h2-5,8,10H,6-7H2,1H3,(H,15,16,17). The summed E-state index contributed by atoms with van der Waals surface area (Å²) < 4.78 is 0. The zero-order valence-electron chi connectivity index (χ0n) is 9.73. The van der Waals surface area contributed by atoms with Crippen LogP contribution < -0.4 is 5.56 Å². The van der Waals surface area contributed by atoms with E-state index in [0.717, 1.165) is 24.1 Å². The molecule has 1 aliphatic carbocycles. The molecule has 1 saturated carbocycles. The largest absolute Gasteiger partial charge is 0.307 e. The van der Waals surface area contributed by atoms with E-state index in [1.165, 1.54) is 5.56 Å². The molecule has 0 saturated heterocycles. The predicted octanol–water partition coefficient (Wildman–Crippen LogP) is 2.62. The molecule has 3 rings (SSSR count). The summed E-state index contributed by atoms with van der Waals surface area (Å²) in [5.41, 5.74) is 3.05. The van der Waals surface area contributed by atoms with E-state index in [1.807, 2.05) is 31.2 Å². The van der Waals surface area contributed by atoms with Crippen molar-refractivity contribution in [1.29, 1.82) is 0 Å². The lowest BCUT2D eigenvalue weighted by Crippen LogP contribution is -2.09. The van der Waals surface area contributed by atoms with Gasteiger partial charge in [0.1, 0.15) is 5.82 Å². The van der Waals surface area contributed by atoms with Gasteiger partial charge in [-0.25, -0.2) is 4.98 Å². The SMILES string of the molecule is Cc1ccc(-c2nc(C3CC3)cc(=O)[nH]2)cc1. The maximum Gasteiger partial charge on any atom is 0.251 e. The van der Waals surface area contributed by atoms with Crippen LogP contribution in [0.25, 0.3) is 11.4 Å². The van der Waals surface area contributed by atoms with Gasteiger partial charge in [-0.15, -0.1) is 0 Å². The third-order valence-electron chi connectivity index (χ3n) is 3.08. The Bertz CT molecular complexity index is 594. The molecule has 1 heterocycles. The Morgan fingerprint density at radius 1 is 1.24 bits per heavy atom. The van der Waals surface area contributed by atoms with Crippen LogP contribution in [0.1, 0.15) is 30.0 Å². The van der Waals surface area contributed by atoms with Crippen LogP contribution in [-0.2, 0) is 0 Å². The molecule has 1 aromatic heterocycles. The highest BCUT2D eigenvalue weighted by molar-refractivity contribution is 5.55. The third kappa shape index (κ3) is 2.13. The number of hydrogen-bond acceptors (Lipinski definition) is 2. The first-order valence-electron chi connectivity index (χ1n) is 5.91. The summed E-state index contributed by atoms with van der Waals surface area (Å²) in [6.07, 6.45) is 2.31. The van der Waals surface area contributed by atoms with Crippen LogP contribution in [0.3, 0.4) is 0 Å².